The van der Waals surface area contributed by atoms with E-state index in [1.54, 1.807) is 30.3 Å². The van der Waals surface area contributed by atoms with Gasteiger partial charge in [0.05, 0.1) is 0 Å². The largest absolute Gasteiger partial charge is 0.511 e. The molecule has 0 aliphatic heterocycles. The lowest BCUT2D eigenvalue weighted by molar-refractivity contribution is -0.112. The van der Waals surface area contributed by atoms with E-state index in [1.165, 1.54) is 6.92 Å². The van der Waals surface area contributed by atoms with E-state index in [9.17, 15) is 14.7 Å². The Labute approximate surface area is 119 Å². The van der Waals surface area contributed by atoms with Crippen LogP contribution in [0.25, 0.3) is 11.0 Å². The van der Waals surface area contributed by atoms with E-state index in [0.717, 1.165) is 0 Å². The predicted octanol–water partition coefficient (Wildman–Crippen LogP) is 1.83. The van der Waals surface area contributed by atoms with Crippen molar-refractivity contribution in [2.75, 3.05) is 5.32 Å². The number of carbonyl (C=O) groups is 2. The molecule has 1 aromatic carbocycles. The second-order valence-electron chi connectivity index (χ2n) is 4.19. The number of furan rings is 1. The Hall–Kier alpha value is -3.27. The lowest BCUT2D eigenvalue weighted by atomic mass is 10.2. The number of carbonyl (C=O) groups excluding carboxylic acids is 2. The van der Waals surface area contributed by atoms with Crippen molar-refractivity contribution in [2.24, 2.45) is 5.73 Å². The lowest BCUT2D eigenvalue weighted by Gasteiger charge is -2.04. The molecule has 7 heteroatoms. The summed E-state index contributed by atoms with van der Waals surface area (Å²) >= 11 is 0. The molecule has 0 bridgehead atoms. The Morgan fingerprint density at radius 1 is 1.38 bits per heavy atom. The highest BCUT2D eigenvalue weighted by Gasteiger charge is 2.22. The van der Waals surface area contributed by atoms with E-state index in [1.807, 2.05) is 0 Å². The minimum atomic E-state index is -0.857. The molecule has 0 fully saturated rings. The number of amides is 2. The fourth-order valence-corrected chi connectivity index (χ4v) is 1.82. The Balaban J connectivity index is 2.54. The van der Waals surface area contributed by atoms with Crippen LogP contribution in [0.5, 0.6) is 0 Å². The molecule has 0 aliphatic rings. The second kappa shape index (κ2) is 5.38. The first-order valence-electron chi connectivity index (χ1n) is 5.88. The molecule has 2 rings (SSSR count). The monoisotopic (exact) mass is 285 g/mol. The van der Waals surface area contributed by atoms with Crippen LogP contribution >= 0.6 is 0 Å². The van der Waals surface area contributed by atoms with Crippen LogP contribution in [0, 0.1) is 11.3 Å². The summed E-state index contributed by atoms with van der Waals surface area (Å²) in [5, 5.41) is 21.0. The molecule has 2 amide bonds. The van der Waals surface area contributed by atoms with Gasteiger partial charge in [0.2, 0.25) is 5.76 Å². The number of aliphatic hydroxyl groups excluding tert-OH is 1. The zero-order chi connectivity index (χ0) is 15.6. The number of fused-ring (bicyclic) bond motifs is 1. The van der Waals surface area contributed by atoms with E-state index >= 15 is 0 Å². The van der Waals surface area contributed by atoms with E-state index in [-0.39, 0.29) is 11.4 Å². The molecule has 106 valence electrons. The normalized spacial score (nSPS) is 11.6. The van der Waals surface area contributed by atoms with Gasteiger partial charge in [0, 0.05) is 5.39 Å². The number of hydrogen-bond acceptors (Lipinski definition) is 5. The summed E-state index contributed by atoms with van der Waals surface area (Å²) in [7, 11) is 0. The van der Waals surface area contributed by atoms with Gasteiger partial charge in [-0.2, -0.15) is 5.26 Å². The topological polar surface area (TPSA) is 129 Å². The average molecular weight is 285 g/mol. The molecule has 0 atom stereocenters. The number of nitrogens with two attached hydrogens (primary N) is 1. The van der Waals surface area contributed by atoms with Gasteiger partial charge in [0.15, 0.2) is 5.57 Å². The van der Waals surface area contributed by atoms with E-state index < -0.39 is 23.1 Å². The van der Waals surface area contributed by atoms with Gasteiger partial charge in [-0.25, -0.2) is 0 Å². The van der Waals surface area contributed by atoms with Crippen molar-refractivity contribution in [3.05, 3.63) is 41.4 Å². The fourth-order valence-electron chi connectivity index (χ4n) is 1.82. The second-order valence-corrected chi connectivity index (χ2v) is 4.19. The Morgan fingerprint density at radius 2 is 2.05 bits per heavy atom. The maximum Gasteiger partial charge on any atom is 0.286 e. The number of anilines is 1. The molecule has 4 N–H and O–H groups in total. The number of allylic oxidation sites excluding steroid dienone is 1. The molecule has 0 aliphatic carbocycles. The first kappa shape index (κ1) is 14.1. The van der Waals surface area contributed by atoms with Gasteiger partial charge in [-0.05, 0) is 19.1 Å². The van der Waals surface area contributed by atoms with Crippen LogP contribution < -0.4 is 11.1 Å². The highest BCUT2D eigenvalue weighted by molar-refractivity contribution is 6.15. The number of nitriles is 1. The molecule has 7 nitrogen and oxygen atoms in total. The SMILES string of the molecule is CC(O)=C(C#N)C(=O)Nc1c(C(N)=O)oc2ccccc12. The van der Waals surface area contributed by atoms with Crippen molar-refractivity contribution in [3.8, 4) is 6.07 Å². The zero-order valence-electron chi connectivity index (χ0n) is 11.0. The number of benzene rings is 1. The van der Waals surface area contributed by atoms with Gasteiger partial charge < -0.3 is 20.6 Å². The number of para-hydroxylation sites is 1. The van der Waals surface area contributed by atoms with Crippen LogP contribution in [0.3, 0.4) is 0 Å². The molecular formula is C14H11N3O4. The summed E-state index contributed by atoms with van der Waals surface area (Å²) in [5.41, 5.74) is 5.18. The van der Waals surface area contributed by atoms with Crippen LogP contribution in [0.2, 0.25) is 0 Å². The van der Waals surface area contributed by atoms with E-state index in [0.29, 0.717) is 11.0 Å². The molecule has 21 heavy (non-hydrogen) atoms. The number of primary amides is 1. The summed E-state index contributed by atoms with van der Waals surface area (Å²) in [4.78, 5) is 23.4. The first-order valence-corrected chi connectivity index (χ1v) is 5.88. The van der Waals surface area contributed by atoms with Crippen LogP contribution in [0.15, 0.2) is 40.0 Å². The van der Waals surface area contributed by atoms with Gasteiger partial charge in [-0.15, -0.1) is 0 Å². The third-order valence-corrected chi connectivity index (χ3v) is 2.76. The Kier molecular flexibility index (Phi) is 3.63. The van der Waals surface area contributed by atoms with Crippen molar-refractivity contribution in [2.45, 2.75) is 6.92 Å². The third-order valence-electron chi connectivity index (χ3n) is 2.76. The quantitative estimate of drug-likeness (QED) is 0.450. The smallest absolute Gasteiger partial charge is 0.286 e. The molecule has 1 aromatic heterocycles. The minimum Gasteiger partial charge on any atom is -0.511 e. The van der Waals surface area contributed by atoms with Crippen molar-refractivity contribution < 1.29 is 19.1 Å². The molecule has 2 aromatic rings. The zero-order valence-corrected chi connectivity index (χ0v) is 11.0. The van der Waals surface area contributed by atoms with Gasteiger partial charge >= 0.3 is 0 Å². The standard InChI is InChI=1S/C14H11N3O4/c1-7(18)9(6-15)14(20)17-11-8-4-2-3-5-10(8)21-12(11)13(16)19/h2-5,18H,1H3,(H2,16,19)(H,17,20). The van der Waals surface area contributed by atoms with Gasteiger partial charge in [-0.1, -0.05) is 12.1 Å². The molecular weight excluding hydrogens is 274 g/mol. The number of hydrogen-bond donors (Lipinski definition) is 3. The number of nitrogens with one attached hydrogen (secondary N) is 1. The lowest BCUT2D eigenvalue weighted by Crippen LogP contribution is -2.18. The average Bonchev–Trinajstić information content (AvgIpc) is 2.78. The van der Waals surface area contributed by atoms with Gasteiger partial charge in [0.1, 0.15) is 23.1 Å². The summed E-state index contributed by atoms with van der Waals surface area (Å²) in [6, 6.07) is 8.20. The van der Waals surface area contributed by atoms with Crippen LogP contribution in [-0.2, 0) is 4.79 Å². The summed E-state index contributed by atoms with van der Waals surface area (Å²) in [6.07, 6.45) is 0. The third kappa shape index (κ3) is 2.55. The Bertz CT molecular complexity index is 807. The number of nitrogens with zero attached hydrogens (tertiary/aromatic N) is 1. The number of rotatable bonds is 3. The van der Waals surface area contributed by atoms with Crippen LogP contribution in [0.1, 0.15) is 17.5 Å². The van der Waals surface area contributed by atoms with Crippen molar-refractivity contribution >= 4 is 28.5 Å². The van der Waals surface area contributed by atoms with Crippen LogP contribution in [-0.4, -0.2) is 16.9 Å². The molecule has 0 radical (unpaired) electrons. The molecule has 0 saturated carbocycles. The van der Waals surface area contributed by atoms with Crippen molar-refractivity contribution in [3.63, 3.8) is 0 Å². The van der Waals surface area contributed by atoms with Crippen molar-refractivity contribution in [1.29, 1.82) is 5.26 Å². The highest BCUT2D eigenvalue weighted by Crippen LogP contribution is 2.30. The van der Waals surface area contributed by atoms with Gasteiger partial charge in [-0.3, -0.25) is 9.59 Å². The Morgan fingerprint density at radius 3 is 2.62 bits per heavy atom. The van der Waals surface area contributed by atoms with Crippen molar-refractivity contribution in [1.82, 2.24) is 0 Å². The molecule has 0 saturated heterocycles. The molecule has 1 heterocycles. The first-order chi connectivity index (χ1) is 9.95. The fraction of sp³-hybridized carbons (Fsp3) is 0.0714. The van der Waals surface area contributed by atoms with E-state index in [4.69, 9.17) is 15.4 Å². The highest BCUT2D eigenvalue weighted by atomic mass is 16.3. The molecule has 0 unspecified atom stereocenters. The number of aliphatic hydroxyl groups is 1. The minimum absolute atomic E-state index is 0.0668. The summed E-state index contributed by atoms with van der Waals surface area (Å²) in [5.74, 6) is -2.36. The predicted molar refractivity (Wildman–Crippen MR) is 74.3 cm³/mol. The summed E-state index contributed by atoms with van der Waals surface area (Å²) in [6.45, 7) is 1.21. The van der Waals surface area contributed by atoms with E-state index in [2.05, 4.69) is 5.32 Å². The summed E-state index contributed by atoms with van der Waals surface area (Å²) < 4.78 is 5.28. The van der Waals surface area contributed by atoms with Gasteiger partial charge in [0.25, 0.3) is 11.8 Å². The molecule has 0 spiro atoms. The van der Waals surface area contributed by atoms with Crippen LogP contribution in [0.4, 0.5) is 5.69 Å². The maximum absolute atomic E-state index is 12.0. The maximum atomic E-state index is 12.0.